The van der Waals surface area contributed by atoms with Crippen molar-refractivity contribution in [3.63, 3.8) is 0 Å². The summed E-state index contributed by atoms with van der Waals surface area (Å²) in [5.41, 5.74) is -0.0606. The van der Waals surface area contributed by atoms with Crippen LogP contribution in [0, 0.1) is 5.95 Å². The third-order valence-electron chi connectivity index (χ3n) is 2.64. The summed E-state index contributed by atoms with van der Waals surface area (Å²) in [4.78, 5) is 15.3. The highest BCUT2D eigenvalue weighted by atomic mass is 32.2. The number of sulfonamides is 1. The molecule has 1 aromatic heterocycles. The van der Waals surface area contributed by atoms with Gasteiger partial charge in [-0.2, -0.15) is 4.39 Å². The van der Waals surface area contributed by atoms with E-state index in [9.17, 15) is 17.6 Å². The van der Waals surface area contributed by atoms with Gasteiger partial charge in [-0.1, -0.05) is 18.2 Å². The number of hydrogen-bond acceptors (Lipinski definition) is 4. The van der Waals surface area contributed by atoms with Crippen LogP contribution < -0.4 is 10.0 Å². The van der Waals surface area contributed by atoms with Crippen molar-refractivity contribution in [2.45, 2.75) is 4.90 Å². The van der Waals surface area contributed by atoms with Gasteiger partial charge in [-0.05, 0) is 31.3 Å². The van der Waals surface area contributed by atoms with E-state index in [1.54, 1.807) is 6.07 Å². The molecule has 0 fully saturated rings. The lowest BCUT2D eigenvalue weighted by Crippen LogP contribution is -2.22. The SMILES string of the molecule is CNS(=O)(=O)c1ccccc1NC(=O)c1cccc(F)n1. The number of carbonyl (C=O) groups is 1. The maximum absolute atomic E-state index is 13.0. The zero-order chi connectivity index (χ0) is 15.5. The number of nitrogens with zero attached hydrogens (tertiary/aromatic N) is 1. The van der Waals surface area contributed by atoms with E-state index in [1.165, 1.54) is 37.4 Å². The highest BCUT2D eigenvalue weighted by Crippen LogP contribution is 2.20. The molecular weight excluding hydrogens is 297 g/mol. The van der Waals surface area contributed by atoms with E-state index >= 15 is 0 Å². The Morgan fingerprint density at radius 3 is 2.52 bits per heavy atom. The quantitative estimate of drug-likeness (QED) is 0.835. The Morgan fingerprint density at radius 1 is 1.14 bits per heavy atom. The lowest BCUT2D eigenvalue weighted by Gasteiger charge is -2.10. The van der Waals surface area contributed by atoms with Gasteiger partial charge in [0.1, 0.15) is 10.6 Å². The Morgan fingerprint density at radius 2 is 1.86 bits per heavy atom. The minimum atomic E-state index is -3.72. The average molecular weight is 309 g/mol. The Kier molecular flexibility index (Phi) is 4.29. The Labute approximate surface area is 121 Å². The number of hydrogen-bond donors (Lipinski definition) is 2. The molecule has 2 rings (SSSR count). The lowest BCUT2D eigenvalue weighted by atomic mass is 10.3. The first-order valence-electron chi connectivity index (χ1n) is 5.90. The van der Waals surface area contributed by atoms with Gasteiger partial charge < -0.3 is 5.32 Å². The van der Waals surface area contributed by atoms with E-state index < -0.39 is 21.9 Å². The normalized spacial score (nSPS) is 11.1. The number of amides is 1. The molecule has 0 atom stereocenters. The van der Waals surface area contributed by atoms with Crippen LogP contribution in [0.2, 0.25) is 0 Å². The number of aromatic nitrogens is 1. The predicted molar refractivity (Wildman–Crippen MR) is 74.8 cm³/mol. The fraction of sp³-hybridized carbons (Fsp3) is 0.0769. The average Bonchev–Trinajstić information content (AvgIpc) is 2.47. The number of halogens is 1. The number of para-hydroxylation sites is 1. The van der Waals surface area contributed by atoms with Gasteiger partial charge in [-0.25, -0.2) is 18.1 Å². The molecule has 2 aromatic rings. The fourth-order valence-electron chi connectivity index (χ4n) is 1.64. The molecule has 0 bridgehead atoms. The molecule has 1 aromatic carbocycles. The van der Waals surface area contributed by atoms with Gasteiger partial charge in [0.15, 0.2) is 0 Å². The van der Waals surface area contributed by atoms with Crippen LogP contribution >= 0.6 is 0 Å². The molecule has 0 saturated heterocycles. The summed E-state index contributed by atoms with van der Waals surface area (Å²) in [6.45, 7) is 0. The number of pyridine rings is 1. The highest BCUT2D eigenvalue weighted by molar-refractivity contribution is 7.89. The van der Waals surface area contributed by atoms with Gasteiger partial charge in [0.25, 0.3) is 5.91 Å². The monoisotopic (exact) mass is 309 g/mol. The van der Waals surface area contributed by atoms with Gasteiger partial charge in [-0.3, -0.25) is 4.79 Å². The van der Waals surface area contributed by atoms with E-state index in [4.69, 9.17) is 0 Å². The molecule has 0 radical (unpaired) electrons. The zero-order valence-corrected chi connectivity index (χ0v) is 11.8. The van der Waals surface area contributed by atoms with Crippen LogP contribution in [0.3, 0.4) is 0 Å². The van der Waals surface area contributed by atoms with Crippen molar-refractivity contribution in [3.05, 3.63) is 54.1 Å². The van der Waals surface area contributed by atoms with E-state index in [0.717, 1.165) is 6.07 Å². The van der Waals surface area contributed by atoms with Gasteiger partial charge in [0.2, 0.25) is 16.0 Å². The van der Waals surface area contributed by atoms with Crippen LogP contribution in [0.5, 0.6) is 0 Å². The molecule has 110 valence electrons. The van der Waals surface area contributed by atoms with Crippen molar-refractivity contribution in [3.8, 4) is 0 Å². The smallest absolute Gasteiger partial charge is 0.274 e. The summed E-state index contributed by atoms with van der Waals surface area (Å²) in [6.07, 6.45) is 0. The minimum absolute atomic E-state index is 0.0859. The molecule has 0 saturated carbocycles. The van der Waals surface area contributed by atoms with Crippen molar-refractivity contribution >= 4 is 21.6 Å². The molecule has 6 nitrogen and oxygen atoms in total. The molecule has 0 aliphatic heterocycles. The third kappa shape index (κ3) is 3.41. The van der Waals surface area contributed by atoms with Gasteiger partial charge in [0, 0.05) is 0 Å². The van der Waals surface area contributed by atoms with Crippen LogP contribution in [-0.4, -0.2) is 26.4 Å². The third-order valence-corrected chi connectivity index (χ3v) is 4.11. The second-order valence-corrected chi connectivity index (χ2v) is 5.86. The standard InChI is InChI=1S/C13H12FN3O3S/c1-15-21(19,20)11-7-3-2-5-9(11)17-13(18)10-6-4-8-12(14)16-10/h2-8,15H,1H3,(H,17,18). The first-order chi connectivity index (χ1) is 9.94. The van der Waals surface area contributed by atoms with E-state index in [-0.39, 0.29) is 16.3 Å². The predicted octanol–water partition coefficient (Wildman–Crippen LogP) is 1.38. The summed E-state index contributed by atoms with van der Waals surface area (Å²) >= 11 is 0. The molecular formula is C13H12FN3O3S. The molecule has 2 N–H and O–H groups in total. The number of benzene rings is 1. The topological polar surface area (TPSA) is 88.2 Å². The second kappa shape index (κ2) is 5.98. The van der Waals surface area contributed by atoms with E-state index in [2.05, 4.69) is 15.0 Å². The van der Waals surface area contributed by atoms with Crippen LogP contribution in [0.15, 0.2) is 47.4 Å². The number of anilines is 1. The summed E-state index contributed by atoms with van der Waals surface area (Å²) in [6, 6.07) is 9.66. The maximum Gasteiger partial charge on any atom is 0.274 e. The molecule has 1 heterocycles. The fourth-order valence-corrected chi connectivity index (χ4v) is 2.52. The molecule has 1 amide bonds. The highest BCUT2D eigenvalue weighted by Gasteiger charge is 2.18. The number of nitrogens with one attached hydrogen (secondary N) is 2. The molecule has 0 aliphatic rings. The van der Waals surface area contributed by atoms with Crippen LogP contribution in [-0.2, 0) is 10.0 Å². The zero-order valence-electron chi connectivity index (χ0n) is 11.0. The first kappa shape index (κ1) is 15.1. The number of rotatable bonds is 4. The number of carbonyl (C=O) groups excluding carboxylic acids is 1. The Hall–Kier alpha value is -2.32. The molecule has 21 heavy (non-hydrogen) atoms. The van der Waals surface area contributed by atoms with E-state index in [1.807, 2.05) is 0 Å². The van der Waals surface area contributed by atoms with Gasteiger partial charge in [0.05, 0.1) is 5.69 Å². The molecule has 0 spiro atoms. The summed E-state index contributed by atoms with van der Waals surface area (Å²) in [5, 5.41) is 2.41. The summed E-state index contributed by atoms with van der Waals surface area (Å²) < 4.78 is 38.9. The Bertz CT molecular complexity index is 778. The van der Waals surface area contributed by atoms with Crippen molar-refractivity contribution in [1.29, 1.82) is 0 Å². The van der Waals surface area contributed by atoms with Crippen LogP contribution in [0.4, 0.5) is 10.1 Å². The first-order valence-corrected chi connectivity index (χ1v) is 7.39. The molecule has 0 aliphatic carbocycles. The summed E-state index contributed by atoms with van der Waals surface area (Å²) in [7, 11) is -2.46. The Balaban J connectivity index is 2.35. The van der Waals surface area contributed by atoms with Crippen molar-refractivity contribution in [2.24, 2.45) is 0 Å². The van der Waals surface area contributed by atoms with Crippen LogP contribution in [0.1, 0.15) is 10.5 Å². The molecule has 8 heteroatoms. The van der Waals surface area contributed by atoms with Crippen molar-refractivity contribution < 1.29 is 17.6 Å². The van der Waals surface area contributed by atoms with E-state index in [0.29, 0.717) is 0 Å². The lowest BCUT2D eigenvalue weighted by molar-refractivity contribution is 0.102. The second-order valence-electron chi connectivity index (χ2n) is 4.00. The van der Waals surface area contributed by atoms with Crippen molar-refractivity contribution in [1.82, 2.24) is 9.71 Å². The largest absolute Gasteiger partial charge is 0.319 e. The van der Waals surface area contributed by atoms with Gasteiger partial charge >= 0.3 is 0 Å². The summed E-state index contributed by atoms with van der Waals surface area (Å²) in [5.74, 6) is -1.49. The van der Waals surface area contributed by atoms with Crippen LogP contribution in [0.25, 0.3) is 0 Å². The minimum Gasteiger partial charge on any atom is -0.319 e. The maximum atomic E-state index is 13.0. The van der Waals surface area contributed by atoms with Gasteiger partial charge in [-0.15, -0.1) is 0 Å². The molecule has 0 unspecified atom stereocenters. The van der Waals surface area contributed by atoms with Crippen molar-refractivity contribution in [2.75, 3.05) is 12.4 Å².